The molecule has 6 rings (SSSR count). The third-order valence-electron chi connectivity index (χ3n) is 9.15. The van der Waals surface area contributed by atoms with Crippen molar-refractivity contribution >= 4 is 29.1 Å². The second kappa shape index (κ2) is 11.9. The minimum Gasteiger partial charge on any atom is -0.497 e. The molecule has 228 valence electrons. The van der Waals surface area contributed by atoms with Crippen LogP contribution in [0.5, 0.6) is 5.75 Å². The van der Waals surface area contributed by atoms with E-state index in [0.29, 0.717) is 42.9 Å². The molecule has 1 fully saturated rings. The van der Waals surface area contributed by atoms with Gasteiger partial charge in [-0.3, -0.25) is 14.4 Å². The number of ether oxygens (including phenoxy) is 1. The predicted octanol–water partition coefficient (Wildman–Crippen LogP) is 3.69. The molecule has 0 aliphatic carbocycles. The van der Waals surface area contributed by atoms with Crippen LogP contribution in [0.15, 0.2) is 78.9 Å². The predicted molar refractivity (Wildman–Crippen MR) is 166 cm³/mol. The van der Waals surface area contributed by atoms with Crippen molar-refractivity contribution in [2.24, 2.45) is 5.92 Å². The number of anilines is 2. The molecule has 3 amide bonds. The van der Waals surface area contributed by atoms with Gasteiger partial charge < -0.3 is 29.6 Å². The van der Waals surface area contributed by atoms with E-state index in [2.05, 4.69) is 0 Å². The molecule has 0 aromatic heterocycles. The molecule has 1 saturated heterocycles. The standard InChI is InChI=1S/C35H37N3O6/c1-23(7-5-12-32(40)37-21-26-10-4-3-9-25(26)18-28(37)22-39)35(43)30-19-29(44-2)13-14-31(30)38(34(35)42)20-24-8-6-11-27(17-24)36-16-15-33(36)41/h3-11,13-14,17,19,23,28,39,43H,12,15-16,18,20-22H2,1-2H3/b7-5+/t23-,28+,35+/m1/s1. The Kier molecular flexibility index (Phi) is 8.00. The summed E-state index contributed by atoms with van der Waals surface area (Å²) in [7, 11) is 1.53. The number of hydrogen-bond acceptors (Lipinski definition) is 6. The van der Waals surface area contributed by atoms with Crippen molar-refractivity contribution in [3.05, 3.63) is 101 Å². The Morgan fingerprint density at radius 3 is 2.59 bits per heavy atom. The van der Waals surface area contributed by atoms with Crippen LogP contribution in [-0.4, -0.2) is 59.1 Å². The van der Waals surface area contributed by atoms with Crippen molar-refractivity contribution < 1.29 is 29.3 Å². The first-order chi connectivity index (χ1) is 21.2. The van der Waals surface area contributed by atoms with Crippen molar-refractivity contribution in [1.82, 2.24) is 4.90 Å². The first-order valence-electron chi connectivity index (χ1n) is 15.0. The maximum absolute atomic E-state index is 14.0. The molecule has 3 aliphatic heterocycles. The first-order valence-corrected chi connectivity index (χ1v) is 15.0. The lowest BCUT2D eigenvalue weighted by molar-refractivity contribution is -0.139. The van der Waals surface area contributed by atoms with E-state index in [9.17, 15) is 24.6 Å². The number of rotatable bonds is 9. The molecule has 3 aliphatic rings. The second-order valence-corrected chi connectivity index (χ2v) is 11.8. The Balaban J connectivity index is 1.22. The van der Waals surface area contributed by atoms with Crippen LogP contribution in [0.25, 0.3) is 0 Å². The number of methoxy groups -OCH3 is 1. The molecule has 0 unspecified atom stereocenters. The van der Waals surface area contributed by atoms with Gasteiger partial charge in [-0.15, -0.1) is 0 Å². The summed E-state index contributed by atoms with van der Waals surface area (Å²) < 4.78 is 5.43. The van der Waals surface area contributed by atoms with Gasteiger partial charge in [0.2, 0.25) is 11.8 Å². The van der Waals surface area contributed by atoms with Crippen molar-refractivity contribution in [1.29, 1.82) is 0 Å². The van der Waals surface area contributed by atoms with Crippen LogP contribution in [0.1, 0.15) is 42.0 Å². The van der Waals surface area contributed by atoms with Crippen LogP contribution in [0.4, 0.5) is 11.4 Å². The average Bonchev–Trinajstić information content (AvgIpc) is 3.25. The van der Waals surface area contributed by atoms with Gasteiger partial charge in [0.15, 0.2) is 5.60 Å². The normalized spacial score (nSPS) is 21.7. The molecular weight excluding hydrogens is 558 g/mol. The van der Waals surface area contributed by atoms with Gasteiger partial charge in [-0.05, 0) is 53.4 Å². The number of aliphatic hydroxyl groups is 2. The fraction of sp³-hybridized carbons (Fsp3) is 0.343. The van der Waals surface area contributed by atoms with Crippen LogP contribution in [0.2, 0.25) is 0 Å². The number of nitrogens with zero attached hydrogens (tertiary/aromatic N) is 3. The molecule has 0 saturated carbocycles. The number of benzene rings is 3. The number of aliphatic hydroxyl groups excluding tert-OH is 1. The summed E-state index contributed by atoms with van der Waals surface area (Å²) in [6.45, 7) is 2.95. The Labute approximate surface area is 257 Å². The maximum Gasteiger partial charge on any atom is 0.264 e. The topological polar surface area (TPSA) is 111 Å². The zero-order valence-electron chi connectivity index (χ0n) is 25.0. The lowest BCUT2D eigenvalue weighted by Crippen LogP contribution is -2.46. The van der Waals surface area contributed by atoms with Gasteiger partial charge >= 0.3 is 0 Å². The SMILES string of the molecule is COc1ccc2c(c1)[C@@](O)([C@H](C)/C=C/CC(=O)N1Cc3ccccc3C[C@H]1CO)C(=O)N2Cc1cccc(N2CCC2=O)c1. The first kappa shape index (κ1) is 29.6. The van der Waals surface area contributed by atoms with E-state index in [4.69, 9.17) is 4.74 Å². The average molecular weight is 596 g/mol. The highest BCUT2D eigenvalue weighted by Crippen LogP contribution is 2.47. The van der Waals surface area contributed by atoms with Crippen molar-refractivity contribution in [2.45, 2.75) is 50.9 Å². The third kappa shape index (κ3) is 5.16. The summed E-state index contributed by atoms with van der Waals surface area (Å²) in [4.78, 5) is 44.3. The fourth-order valence-corrected chi connectivity index (χ4v) is 6.48. The zero-order valence-corrected chi connectivity index (χ0v) is 25.0. The Bertz CT molecular complexity index is 1640. The molecule has 3 atom stereocenters. The van der Waals surface area contributed by atoms with Gasteiger partial charge in [-0.1, -0.05) is 55.5 Å². The van der Waals surface area contributed by atoms with Crippen molar-refractivity contribution in [3.63, 3.8) is 0 Å². The largest absolute Gasteiger partial charge is 0.497 e. The van der Waals surface area contributed by atoms with Gasteiger partial charge in [0.1, 0.15) is 5.75 Å². The number of β-lactam (4-membered cyclic amide) rings is 1. The zero-order chi connectivity index (χ0) is 31.0. The summed E-state index contributed by atoms with van der Waals surface area (Å²) >= 11 is 0. The second-order valence-electron chi connectivity index (χ2n) is 11.8. The number of carbonyl (C=O) groups excluding carboxylic acids is 3. The molecule has 3 heterocycles. The summed E-state index contributed by atoms with van der Waals surface area (Å²) in [6.07, 6.45) is 4.61. The van der Waals surface area contributed by atoms with E-state index in [1.54, 1.807) is 52.0 Å². The highest BCUT2D eigenvalue weighted by molar-refractivity contribution is 6.07. The molecule has 2 N–H and O–H groups in total. The van der Waals surface area contributed by atoms with Crippen molar-refractivity contribution in [2.75, 3.05) is 30.1 Å². The highest BCUT2D eigenvalue weighted by atomic mass is 16.5. The van der Waals surface area contributed by atoms with E-state index in [0.717, 1.165) is 22.4 Å². The summed E-state index contributed by atoms with van der Waals surface area (Å²) in [5.41, 5.74) is 2.97. The number of fused-ring (bicyclic) bond motifs is 2. The summed E-state index contributed by atoms with van der Waals surface area (Å²) in [5, 5.41) is 22.1. The Morgan fingerprint density at radius 2 is 1.89 bits per heavy atom. The van der Waals surface area contributed by atoms with E-state index in [-0.39, 0.29) is 37.4 Å². The molecule has 3 aromatic rings. The van der Waals surface area contributed by atoms with Crippen LogP contribution < -0.4 is 14.5 Å². The van der Waals surface area contributed by atoms with Crippen LogP contribution >= 0.6 is 0 Å². The van der Waals surface area contributed by atoms with E-state index >= 15 is 0 Å². The van der Waals surface area contributed by atoms with Crippen molar-refractivity contribution in [3.8, 4) is 5.75 Å². The lowest BCUT2D eigenvalue weighted by Gasteiger charge is -2.36. The number of hydrogen-bond donors (Lipinski definition) is 2. The molecule has 0 bridgehead atoms. The fourth-order valence-electron chi connectivity index (χ4n) is 6.48. The van der Waals surface area contributed by atoms with E-state index in [1.165, 1.54) is 7.11 Å². The third-order valence-corrected chi connectivity index (χ3v) is 9.15. The van der Waals surface area contributed by atoms with Gasteiger partial charge in [0, 0.05) is 43.1 Å². The van der Waals surface area contributed by atoms with E-state index in [1.807, 2.05) is 48.5 Å². The van der Waals surface area contributed by atoms with Crippen LogP contribution in [0, 0.1) is 5.92 Å². The number of amides is 3. The monoisotopic (exact) mass is 595 g/mol. The van der Waals surface area contributed by atoms with Gasteiger partial charge in [-0.2, -0.15) is 0 Å². The molecule has 0 spiro atoms. The molecular formula is C35H37N3O6. The molecule has 9 nitrogen and oxygen atoms in total. The van der Waals surface area contributed by atoms with Gasteiger partial charge in [0.05, 0.1) is 32.0 Å². The smallest absolute Gasteiger partial charge is 0.264 e. The Morgan fingerprint density at radius 1 is 1.09 bits per heavy atom. The molecule has 9 heteroatoms. The minimum atomic E-state index is -1.88. The molecule has 0 radical (unpaired) electrons. The molecule has 44 heavy (non-hydrogen) atoms. The summed E-state index contributed by atoms with van der Waals surface area (Å²) in [6, 6.07) is 20.4. The lowest BCUT2D eigenvalue weighted by atomic mass is 9.82. The number of carbonyl (C=O) groups is 3. The van der Waals surface area contributed by atoms with Gasteiger partial charge in [-0.25, -0.2) is 0 Å². The summed E-state index contributed by atoms with van der Waals surface area (Å²) in [5.74, 6) is -0.678. The maximum atomic E-state index is 14.0. The Hall–Kier alpha value is -4.47. The highest BCUT2D eigenvalue weighted by Gasteiger charge is 2.52. The van der Waals surface area contributed by atoms with E-state index < -0.39 is 17.4 Å². The van der Waals surface area contributed by atoms with Gasteiger partial charge in [0.25, 0.3) is 5.91 Å². The quantitative estimate of drug-likeness (QED) is 0.289. The van der Waals surface area contributed by atoms with Crippen LogP contribution in [-0.2, 0) is 39.5 Å². The minimum absolute atomic E-state index is 0.0716. The molecule has 3 aromatic carbocycles. The van der Waals surface area contributed by atoms with Crippen LogP contribution in [0.3, 0.4) is 0 Å².